The molecule has 3 aromatic rings. The van der Waals surface area contributed by atoms with Crippen LogP contribution in [-0.2, 0) is 18.0 Å². The number of pyridine rings is 1. The predicted octanol–water partition coefficient (Wildman–Crippen LogP) is 5.66. The van der Waals surface area contributed by atoms with E-state index < -0.39 is 23.9 Å². The SMILES string of the molecule is CCN1CCC(CCOc2ccc(-c3cc4c(ncn4C)c(C#N)n3)cc2C(F)(F)F)CC1.O=C(O)C(F)(F)F. The molecule has 1 aromatic carbocycles. The molecule has 0 atom stereocenters. The number of piperidine rings is 1. The first kappa shape index (κ1) is 30.7. The number of halogens is 6. The van der Waals surface area contributed by atoms with Crippen LogP contribution < -0.4 is 4.74 Å². The van der Waals surface area contributed by atoms with Crippen LogP contribution in [0.15, 0.2) is 30.6 Å². The lowest BCUT2D eigenvalue weighted by Crippen LogP contribution is -2.33. The number of aliphatic carboxylic acids is 1. The first-order valence-corrected chi connectivity index (χ1v) is 12.3. The number of nitrogens with zero attached hydrogens (tertiary/aromatic N) is 5. The Hall–Kier alpha value is -3.86. The molecule has 0 radical (unpaired) electrons. The van der Waals surface area contributed by atoms with Crippen LogP contribution in [0.4, 0.5) is 26.3 Å². The fraction of sp³-hybridized carbons (Fsp3) is 0.462. The zero-order chi connectivity index (χ0) is 29.7. The minimum absolute atomic E-state index is 0.0751. The Morgan fingerprint density at radius 3 is 2.38 bits per heavy atom. The van der Waals surface area contributed by atoms with Crippen LogP contribution in [0.5, 0.6) is 5.75 Å². The molecule has 0 unspecified atom stereocenters. The molecule has 1 aliphatic rings. The molecular formula is C26H27F6N5O3. The summed E-state index contributed by atoms with van der Waals surface area (Å²) in [6.45, 7) is 5.47. The zero-order valence-electron chi connectivity index (χ0n) is 21.7. The molecule has 4 rings (SSSR count). The third kappa shape index (κ3) is 7.62. The lowest BCUT2D eigenvalue weighted by Gasteiger charge is -2.31. The molecule has 1 saturated heterocycles. The van der Waals surface area contributed by atoms with E-state index in [0.29, 0.717) is 17.0 Å². The molecule has 0 spiro atoms. The zero-order valence-corrected chi connectivity index (χ0v) is 21.7. The monoisotopic (exact) mass is 571 g/mol. The molecule has 1 fully saturated rings. The number of nitriles is 1. The van der Waals surface area contributed by atoms with E-state index in [1.54, 1.807) is 30.1 Å². The van der Waals surface area contributed by atoms with Crippen molar-refractivity contribution in [3.05, 3.63) is 41.9 Å². The lowest BCUT2D eigenvalue weighted by molar-refractivity contribution is -0.192. The van der Waals surface area contributed by atoms with Crippen molar-refractivity contribution in [1.82, 2.24) is 19.4 Å². The normalized spacial score (nSPS) is 14.9. The van der Waals surface area contributed by atoms with Crippen molar-refractivity contribution in [2.75, 3.05) is 26.2 Å². The van der Waals surface area contributed by atoms with Gasteiger partial charge in [0.05, 0.1) is 29.7 Å². The van der Waals surface area contributed by atoms with Crippen molar-refractivity contribution in [3.8, 4) is 23.1 Å². The van der Waals surface area contributed by atoms with Gasteiger partial charge in [0.1, 0.15) is 17.3 Å². The number of likely N-dealkylation sites (tertiary alicyclic amines) is 1. The van der Waals surface area contributed by atoms with Gasteiger partial charge in [0.25, 0.3) is 0 Å². The summed E-state index contributed by atoms with van der Waals surface area (Å²) >= 11 is 0. The Bertz CT molecular complexity index is 1370. The number of rotatable bonds is 6. The van der Waals surface area contributed by atoms with Crippen molar-refractivity contribution < 1.29 is 41.0 Å². The van der Waals surface area contributed by atoms with Gasteiger partial charge in [0, 0.05) is 12.6 Å². The number of aryl methyl sites for hydroxylation is 1. The van der Waals surface area contributed by atoms with Gasteiger partial charge in [-0.15, -0.1) is 0 Å². The molecule has 8 nitrogen and oxygen atoms in total. The number of ether oxygens (including phenoxy) is 1. The predicted molar refractivity (Wildman–Crippen MR) is 132 cm³/mol. The van der Waals surface area contributed by atoms with E-state index in [-0.39, 0.29) is 29.3 Å². The Morgan fingerprint density at radius 1 is 1.18 bits per heavy atom. The second kappa shape index (κ2) is 12.5. The average molecular weight is 572 g/mol. The van der Waals surface area contributed by atoms with E-state index in [2.05, 4.69) is 21.8 Å². The van der Waals surface area contributed by atoms with Crippen molar-refractivity contribution in [3.63, 3.8) is 0 Å². The van der Waals surface area contributed by atoms with Gasteiger partial charge >= 0.3 is 18.3 Å². The van der Waals surface area contributed by atoms with Crippen LogP contribution >= 0.6 is 0 Å². The van der Waals surface area contributed by atoms with E-state index in [4.69, 9.17) is 14.6 Å². The highest BCUT2D eigenvalue weighted by Gasteiger charge is 2.38. The highest BCUT2D eigenvalue weighted by atomic mass is 19.4. The number of hydrogen-bond donors (Lipinski definition) is 1. The smallest absolute Gasteiger partial charge is 0.490 e. The molecule has 1 aliphatic heterocycles. The fourth-order valence-electron chi connectivity index (χ4n) is 4.32. The Labute approximate surface area is 225 Å². The summed E-state index contributed by atoms with van der Waals surface area (Å²) in [4.78, 5) is 19.7. The maximum Gasteiger partial charge on any atom is 0.490 e. The van der Waals surface area contributed by atoms with Crippen molar-refractivity contribution in [1.29, 1.82) is 5.26 Å². The van der Waals surface area contributed by atoms with Crippen LogP contribution in [-0.4, -0.2) is 62.9 Å². The van der Waals surface area contributed by atoms with E-state index >= 15 is 0 Å². The molecule has 0 amide bonds. The van der Waals surface area contributed by atoms with Crippen molar-refractivity contribution in [2.24, 2.45) is 13.0 Å². The molecule has 0 saturated carbocycles. The van der Waals surface area contributed by atoms with E-state index in [1.807, 2.05) is 6.07 Å². The number of aromatic nitrogens is 3. The third-order valence-electron chi connectivity index (χ3n) is 6.58. The van der Waals surface area contributed by atoms with Gasteiger partial charge in [-0.1, -0.05) is 6.92 Å². The molecule has 3 heterocycles. The molecule has 216 valence electrons. The number of hydrogen-bond acceptors (Lipinski definition) is 6. The summed E-state index contributed by atoms with van der Waals surface area (Å²) in [5, 5.41) is 16.5. The van der Waals surface area contributed by atoms with Crippen molar-refractivity contribution >= 4 is 17.0 Å². The summed E-state index contributed by atoms with van der Waals surface area (Å²) in [5.74, 6) is -2.47. The van der Waals surface area contributed by atoms with Crippen LogP contribution in [0.3, 0.4) is 0 Å². The highest BCUT2D eigenvalue weighted by molar-refractivity contribution is 5.84. The lowest BCUT2D eigenvalue weighted by atomic mass is 9.94. The number of imidazole rings is 1. The average Bonchev–Trinajstić information content (AvgIpc) is 3.28. The second-order valence-electron chi connectivity index (χ2n) is 9.22. The number of alkyl halides is 6. The van der Waals surface area contributed by atoms with Crippen LogP contribution in [0.2, 0.25) is 0 Å². The van der Waals surface area contributed by atoms with Gasteiger partial charge in [-0.25, -0.2) is 14.8 Å². The van der Waals surface area contributed by atoms with Crippen molar-refractivity contribution in [2.45, 2.75) is 38.5 Å². The summed E-state index contributed by atoms with van der Waals surface area (Å²) < 4.78 is 80.6. The molecular weight excluding hydrogens is 544 g/mol. The standard InChI is InChI=1S/C24H26F3N5O.C2HF3O2/c1-3-32-9-6-16(7-10-32)8-11-33-22-5-4-17(12-18(22)24(25,26)27)19-13-21-23(20(14-28)30-19)29-15-31(21)2;3-2(4,5)1(6)7/h4-5,12-13,15-16H,3,6-11H2,1-2H3;(H,6,7). The number of carboxylic acids is 1. The van der Waals surface area contributed by atoms with E-state index in [0.717, 1.165) is 45.0 Å². The fourth-order valence-corrected chi connectivity index (χ4v) is 4.32. The minimum Gasteiger partial charge on any atom is -0.493 e. The maximum atomic E-state index is 13.8. The number of benzene rings is 1. The molecule has 2 aromatic heterocycles. The quantitative estimate of drug-likeness (QED) is 0.381. The summed E-state index contributed by atoms with van der Waals surface area (Å²) in [5.41, 5.74) is 0.824. The number of fused-ring (bicyclic) bond motifs is 1. The largest absolute Gasteiger partial charge is 0.493 e. The van der Waals surface area contributed by atoms with Crippen LogP contribution in [0.1, 0.15) is 37.4 Å². The molecule has 0 aliphatic carbocycles. The minimum atomic E-state index is -5.08. The maximum absolute atomic E-state index is 13.8. The Balaban J connectivity index is 0.000000559. The summed E-state index contributed by atoms with van der Waals surface area (Å²) in [6, 6.07) is 7.56. The highest BCUT2D eigenvalue weighted by Crippen LogP contribution is 2.39. The topological polar surface area (TPSA) is 104 Å². The molecule has 1 N–H and O–H groups in total. The van der Waals surface area contributed by atoms with E-state index in [9.17, 15) is 31.6 Å². The first-order valence-electron chi connectivity index (χ1n) is 12.3. The molecule has 40 heavy (non-hydrogen) atoms. The van der Waals surface area contributed by atoms with Gasteiger partial charge in [-0.2, -0.15) is 31.6 Å². The van der Waals surface area contributed by atoms with Gasteiger partial charge in [0.15, 0.2) is 5.69 Å². The summed E-state index contributed by atoms with van der Waals surface area (Å²) in [7, 11) is 1.75. The van der Waals surface area contributed by atoms with Crippen LogP contribution in [0.25, 0.3) is 22.3 Å². The van der Waals surface area contributed by atoms with Gasteiger partial charge in [-0.3, -0.25) is 0 Å². The molecule has 0 bridgehead atoms. The third-order valence-corrected chi connectivity index (χ3v) is 6.58. The van der Waals surface area contributed by atoms with Crippen LogP contribution in [0, 0.1) is 17.2 Å². The van der Waals surface area contributed by atoms with Gasteiger partial charge in [-0.05, 0) is 69.1 Å². The number of carboxylic acid groups (broad SMARTS) is 1. The first-order chi connectivity index (χ1) is 18.7. The second-order valence-corrected chi connectivity index (χ2v) is 9.22. The summed E-state index contributed by atoms with van der Waals surface area (Å²) in [6.07, 6.45) is -5.29. The van der Waals surface area contributed by atoms with Gasteiger partial charge < -0.3 is 19.3 Å². The van der Waals surface area contributed by atoms with E-state index in [1.165, 1.54) is 6.07 Å². The molecule has 14 heteroatoms. The Kier molecular flexibility index (Phi) is 9.62. The Morgan fingerprint density at radius 2 is 1.82 bits per heavy atom. The van der Waals surface area contributed by atoms with Gasteiger partial charge in [0.2, 0.25) is 0 Å². The number of carbonyl (C=O) groups is 1.